The summed E-state index contributed by atoms with van der Waals surface area (Å²) in [5.41, 5.74) is 0. The number of benzene rings is 1. The zero-order valence-electron chi connectivity index (χ0n) is 5.37. The summed E-state index contributed by atoms with van der Waals surface area (Å²) in [5, 5.41) is 0. The number of rotatable bonds is 2. The summed E-state index contributed by atoms with van der Waals surface area (Å²) >= 11 is 0.243. The van der Waals surface area contributed by atoms with Gasteiger partial charge in [-0.15, -0.1) is 0 Å². The fourth-order valence-corrected chi connectivity index (χ4v) is 2.29. The van der Waals surface area contributed by atoms with E-state index in [2.05, 4.69) is 0 Å². The van der Waals surface area contributed by atoms with Crippen molar-refractivity contribution in [1.29, 1.82) is 0 Å². The fourth-order valence-electron chi connectivity index (χ4n) is 0.540. The summed E-state index contributed by atoms with van der Waals surface area (Å²) in [7, 11) is -3.94. The van der Waals surface area contributed by atoms with E-state index in [1.807, 2.05) is 0 Å². The van der Waals surface area contributed by atoms with E-state index in [0.29, 0.717) is 4.53 Å². The van der Waals surface area contributed by atoms with Crippen molar-refractivity contribution in [2.75, 3.05) is 0 Å². The van der Waals surface area contributed by atoms with Crippen molar-refractivity contribution in [1.82, 2.24) is 0 Å². The van der Waals surface area contributed by atoms with Crippen LogP contribution >= 0.6 is 0 Å². The molecule has 0 radical (unpaired) electrons. The van der Waals surface area contributed by atoms with Gasteiger partial charge in [-0.1, -0.05) is 0 Å². The Morgan fingerprint density at radius 1 is 1.18 bits per heavy atom. The van der Waals surface area contributed by atoms with Gasteiger partial charge in [0, 0.05) is 0 Å². The molecule has 64 valence electrons. The van der Waals surface area contributed by atoms with Gasteiger partial charge in [0.2, 0.25) is 0 Å². The molecule has 0 saturated carbocycles. The summed E-state index contributed by atoms with van der Waals surface area (Å²) in [6, 6.07) is 8.43. The van der Waals surface area contributed by atoms with Crippen LogP contribution in [-0.2, 0) is 22.0 Å². The molecule has 0 spiro atoms. The third kappa shape index (κ3) is 3.51. The SMILES string of the molecule is O=[S](=O)(O)[Ni][c]1ccccc1. The molecular weight excluding hydrogens is 211 g/mol. The topological polar surface area (TPSA) is 54.4 Å². The van der Waals surface area contributed by atoms with Crippen LogP contribution in [0.2, 0.25) is 0 Å². The average molecular weight is 217 g/mol. The first kappa shape index (κ1) is 8.72. The third-order valence-corrected chi connectivity index (χ3v) is 2.97. The molecule has 0 aromatic heterocycles. The molecular formula is C6H6NiO3S. The molecule has 11 heavy (non-hydrogen) atoms. The van der Waals surface area contributed by atoms with Gasteiger partial charge < -0.3 is 0 Å². The molecule has 3 nitrogen and oxygen atoms in total. The van der Waals surface area contributed by atoms with Gasteiger partial charge in [-0.2, -0.15) is 0 Å². The van der Waals surface area contributed by atoms with Gasteiger partial charge in [0.05, 0.1) is 0 Å². The summed E-state index contributed by atoms with van der Waals surface area (Å²) in [4.78, 5) is 0. The van der Waals surface area contributed by atoms with Gasteiger partial charge in [0.15, 0.2) is 0 Å². The molecule has 0 aliphatic heterocycles. The van der Waals surface area contributed by atoms with E-state index in [1.165, 1.54) is 0 Å². The molecule has 5 heteroatoms. The minimum absolute atomic E-state index is 0.243. The third-order valence-electron chi connectivity index (χ3n) is 0.869. The van der Waals surface area contributed by atoms with Crippen LogP contribution in [-0.4, -0.2) is 13.0 Å². The molecule has 0 aliphatic rings. The molecule has 0 heterocycles. The fraction of sp³-hybridized carbons (Fsp3) is 0. The number of hydrogen-bond donors (Lipinski definition) is 1. The first-order chi connectivity index (χ1) is 5.08. The molecule has 0 fully saturated rings. The second-order valence-corrected chi connectivity index (χ2v) is 5.30. The maximum absolute atomic E-state index is 10.3. The molecule has 0 saturated heterocycles. The molecule has 1 rings (SSSR count). The Balaban J connectivity index is 2.82. The second-order valence-electron chi connectivity index (χ2n) is 1.70. The van der Waals surface area contributed by atoms with Crippen molar-refractivity contribution >= 4 is 13.2 Å². The van der Waals surface area contributed by atoms with Crippen LogP contribution in [0.5, 0.6) is 0 Å². The molecule has 0 atom stereocenters. The molecule has 0 bridgehead atoms. The van der Waals surface area contributed by atoms with Gasteiger partial charge in [0.1, 0.15) is 0 Å². The van der Waals surface area contributed by atoms with Crippen LogP contribution in [0.4, 0.5) is 0 Å². The first-order valence-electron chi connectivity index (χ1n) is 2.71. The molecule has 0 aliphatic carbocycles. The van der Waals surface area contributed by atoms with E-state index in [0.717, 1.165) is 0 Å². The van der Waals surface area contributed by atoms with E-state index < -0.39 is 8.64 Å². The van der Waals surface area contributed by atoms with Crippen molar-refractivity contribution in [2.45, 2.75) is 0 Å². The Hall–Kier alpha value is -0.376. The molecule has 1 aromatic carbocycles. The van der Waals surface area contributed by atoms with E-state index in [1.54, 1.807) is 30.3 Å². The van der Waals surface area contributed by atoms with Crippen LogP contribution in [0.1, 0.15) is 0 Å². The van der Waals surface area contributed by atoms with Gasteiger partial charge in [0.25, 0.3) is 0 Å². The molecule has 0 unspecified atom stereocenters. The van der Waals surface area contributed by atoms with E-state index >= 15 is 0 Å². The second kappa shape index (κ2) is 3.35. The molecule has 1 N–H and O–H groups in total. The Morgan fingerprint density at radius 2 is 1.73 bits per heavy atom. The van der Waals surface area contributed by atoms with Crippen LogP contribution in [0.25, 0.3) is 0 Å². The molecule has 0 amide bonds. The van der Waals surface area contributed by atoms with Crippen LogP contribution < -0.4 is 4.53 Å². The average Bonchev–Trinajstić information content (AvgIpc) is 1.85. The van der Waals surface area contributed by atoms with Gasteiger partial charge in [-0.05, 0) is 0 Å². The quantitative estimate of drug-likeness (QED) is 0.568. The normalized spacial score (nSPS) is 11.7. The van der Waals surface area contributed by atoms with Crippen molar-refractivity contribution in [3.63, 3.8) is 0 Å². The predicted octanol–water partition coefficient (Wildman–Crippen LogP) is 0.197. The Morgan fingerprint density at radius 3 is 2.18 bits per heavy atom. The van der Waals surface area contributed by atoms with Crippen molar-refractivity contribution in [2.24, 2.45) is 0 Å². The molecule has 1 aromatic rings. The van der Waals surface area contributed by atoms with Crippen molar-refractivity contribution in [3.8, 4) is 0 Å². The number of hydrogen-bond acceptors (Lipinski definition) is 2. The van der Waals surface area contributed by atoms with Crippen LogP contribution in [0, 0.1) is 0 Å². The predicted molar refractivity (Wildman–Crippen MR) is 37.6 cm³/mol. The zero-order chi connectivity index (χ0) is 8.32. The van der Waals surface area contributed by atoms with E-state index in [9.17, 15) is 8.42 Å². The Labute approximate surface area is 70.1 Å². The van der Waals surface area contributed by atoms with Crippen molar-refractivity contribution in [3.05, 3.63) is 30.3 Å². The first-order valence-corrected chi connectivity index (χ1v) is 5.71. The van der Waals surface area contributed by atoms with E-state index in [-0.39, 0.29) is 13.3 Å². The maximum atomic E-state index is 10.3. The van der Waals surface area contributed by atoms with Gasteiger partial charge in [-0.25, -0.2) is 0 Å². The minimum atomic E-state index is -3.94. The Bertz CT molecular complexity index is 319. The van der Waals surface area contributed by atoms with E-state index in [4.69, 9.17) is 4.55 Å². The zero-order valence-corrected chi connectivity index (χ0v) is 7.18. The summed E-state index contributed by atoms with van der Waals surface area (Å²) in [5.74, 6) is 0. The Kier molecular flexibility index (Phi) is 2.65. The standard InChI is InChI=1S/C6H5.Ni.HO3S/c1-2-4-6-5-3-1;;1-4(2)3/h1-5H;;(H,1,2,3). The van der Waals surface area contributed by atoms with Crippen molar-refractivity contribution < 1.29 is 26.3 Å². The monoisotopic (exact) mass is 216 g/mol. The van der Waals surface area contributed by atoms with Gasteiger partial charge in [-0.3, -0.25) is 0 Å². The van der Waals surface area contributed by atoms with Gasteiger partial charge >= 0.3 is 69.8 Å². The summed E-state index contributed by atoms with van der Waals surface area (Å²) < 4.78 is 29.6. The summed E-state index contributed by atoms with van der Waals surface area (Å²) in [6.45, 7) is 0. The van der Waals surface area contributed by atoms with Crippen LogP contribution in [0.15, 0.2) is 30.3 Å². The summed E-state index contributed by atoms with van der Waals surface area (Å²) in [6.07, 6.45) is 0. The van der Waals surface area contributed by atoms with Crippen LogP contribution in [0.3, 0.4) is 0 Å².